The molecule has 1 saturated carbocycles. The number of hydrogen-bond acceptors (Lipinski definition) is 9. The second-order valence-corrected chi connectivity index (χ2v) is 18.2. The number of nitrogens with two attached hydrogens (primary N) is 1. The smallest absolute Gasteiger partial charge is 0.320 e. The van der Waals surface area contributed by atoms with Crippen LogP contribution in [0.4, 0.5) is 0 Å². The Morgan fingerprint density at radius 2 is 1.65 bits per heavy atom. The van der Waals surface area contributed by atoms with E-state index in [-0.39, 0.29) is 49.8 Å². The monoisotopic (exact) mass is 865 g/mol. The number of likely N-dealkylation sites (N-methyl/N-ethyl adjacent to an activating group) is 1. The molecule has 7 atom stereocenters. The first kappa shape index (κ1) is 49.8. The van der Waals surface area contributed by atoms with Gasteiger partial charge in [0.25, 0.3) is 0 Å². The van der Waals surface area contributed by atoms with E-state index in [4.69, 9.17) is 5.73 Å². The highest BCUT2D eigenvalue weighted by molar-refractivity contribution is 5.95. The fraction of sp³-hybridized carbons (Fsp3) is 0.674. The summed E-state index contributed by atoms with van der Waals surface area (Å²) in [6.07, 6.45) is 9.59. The van der Waals surface area contributed by atoms with E-state index < -0.39 is 71.8 Å². The van der Waals surface area contributed by atoms with Gasteiger partial charge in [-0.15, -0.1) is 0 Å². The Balaban J connectivity index is 1.59. The van der Waals surface area contributed by atoms with Crippen molar-refractivity contribution in [1.29, 1.82) is 0 Å². The third-order valence-electron chi connectivity index (χ3n) is 12.6. The number of rotatable bonds is 24. The van der Waals surface area contributed by atoms with Crippen LogP contribution in [0.5, 0.6) is 0 Å². The van der Waals surface area contributed by atoms with Crippen molar-refractivity contribution < 1.29 is 39.0 Å². The van der Waals surface area contributed by atoms with Crippen molar-refractivity contribution in [3.05, 3.63) is 54.1 Å². The average Bonchev–Trinajstić information content (AvgIpc) is 3.96. The summed E-state index contributed by atoms with van der Waals surface area (Å²) in [6, 6.07) is 4.16. The Labute approximate surface area is 366 Å². The molecule has 2 aliphatic rings. The fourth-order valence-electron chi connectivity index (χ4n) is 8.71. The van der Waals surface area contributed by atoms with Crippen molar-refractivity contribution in [2.45, 2.75) is 154 Å². The summed E-state index contributed by atoms with van der Waals surface area (Å²) in [7, 11) is 1.52. The lowest BCUT2D eigenvalue weighted by atomic mass is 9.81. The Morgan fingerprint density at radius 1 is 0.935 bits per heavy atom. The number of imidazole rings is 1. The molecule has 2 aromatic rings. The van der Waals surface area contributed by atoms with Crippen molar-refractivity contribution >= 4 is 35.5 Å². The van der Waals surface area contributed by atoms with Crippen LogP contribution in [0.15, 0.2) is 42.9 Å². The van der Waals surface area contributed by atoms with Gasteiger partial charge in [0.1, 0.15) is 24.2 Å². The predicted molar refractivity (Wildman–Crippen MR) is 235 cm³/mol. The van der Waals surface area contributed by atoms with Gasteiger partial charge in [-0.2, -0.15) is 0 Å². The highest BCUT2D eigenvalue weighted by Crippen LogP contribution is 2.30. The molecule has 0 radical (unpaired) electrons. The molecular weight excluding hydrogens is 793 g/mol. The number of aromatic nitrogens is 2. The van der Waals surface area contributed by atoms with Crippen LogP contribution in [0.3, 0.4) is 0 Å². The fourth-order valence-corrected chi connectivity index (χ4v) is 8.71. The van der Waals surface area contributed by atoms with Crippen molar-refractivity contribution in [1.82, 2.24) is 35.7 Å². The molecule has 2 heterocycles. The topological polar surface area (TPSA) is 240 Å². The maximum atomic E-state index is 14.8. The number of carbonyl (C=O) groups is 6. The minimum atomic E-state index is -1.22. The average molecular weight is 865 g/mol. The molecule has 1 aliphatic carbocycles. The van der Waals surface area contributed by atoms with Crippen LogP contribution in [0.1, 0.15) is 116 Å². The Bertz CT molecular complexity index is 1730. The molecule has 0 bridgehead atoms. The van der Waals surface area contributed by atoms with Gasteiger partial charge < -0.3 is 46.7 Å². The highest BCUT2D eigenvalue weighted by atomic mass is 16.4. The first-order valence-electron chi connectivity index (χ1n) is 22.7. The van der Waals surface area contributed by atoms with Crippen molar-refractivity contribution in [3.8, 4) is 0 Å². The Kier molecular flexibility index (Phi) is 19.9. The SMILES string of the molecule is CC(C)CCNC(=O)[C@@H](C[C@H](O)[C@H](CC1CCCCC1)NC(=O)[C@H](Cc1cnc[nH]1)N(C)C(=O)[C@H](Cc1ccccc1)NC(=O)[C@@H]1CCCN1C(=O)CC[C@H](N)C(=O)O)C(C)C. The van der Waals surface area contributed by atoms with E-state index in [0.29, 0.717) is 44.0 Å². The van der Waals surface area contributed by atoms with Crippen molar-refractivity contribution in [3.63, 3.8) is 0 Å². The largest absolute Gasteiger partial charge is 0.480 e. The lowest BCUT2D eigenvalue weighted by molar-refractivity contribution is -0.144. The second-order valence-electron chi connectivity index (χ2n) is 18.2. The molecule has 344 valence electrons. The lowest BCUT2D eigenvalue weighted by Gasteiger charge is -2.35. The summed E-state index contributed by atoms with van der Waals surface area (Å²) >= 11 is 0. The highest BCUT2D eigenvalue weighted by Gasteiger charge is 2.39. The summed E-state index contributed by atoms with van der Waals surface area (Å²) in [6.45, 7) is 8.95. The van der Waals surface area contributed by atoms with Gasteiger partial charge in [0.05, 0.1) is 18.5 Å². The van der Waals surface area contributed by atoms with Crippen LogP contribution < -0.4 is 21.7 Å². The normalized spacial score (nSPS) is 18.7. The number of aliphatic carboxylic acids is 1. The molecule has 1 aromatic carbocycles. The third kappa shape index (κ3) is 15.2. The van der Waals surface area contributed by atoms with Gasteiger partial charge in [0.2, 0.25) is 29.5 Å². The molecule has 8 N–H and O–H groups in total. The van der Waals surface area contributed by atoms with Crippen LogP contribution in [0.25, 0.3) is 0 Å². The van der Waals surface area contributed by atoms with E-state index in [1.165, 1.54) is 23.2 Å². The summed E-state index contributed by atoms with van der Waals surface area (Å²) in [5.74, 6) is -3.13. The molecule has 5 amide bonds. The molecule has 4 rings (SSSR count). The number of nitrogens with zero attached hydrogens (tertiary/aromatic N) is 3. The molecule has 1 saturated heterocycles. The predicted octanol–water partition coefficient (Wildman–Crippen LogP) is 3.33. The van der Waals surface area contributed by atoms with Gasteiger partial charge in [-0.25, -0.2) is 4.98 Å². The second kappa shape index (κ2) is 24.7. The zero-order valence-corrected chi connectivity index (χ0v) is 37.4. The maximum absolute atomic E-state index is 14.8. The third-order valence-corrected chi connectivity index (χ3v) is 12.6. The van der Waals surface area contributed by atoms with Gasteiger partial charge in [-0.1, -0.05) is 90.1 Å². The number of hydrogen-bond donors (Lipinski definition) is 7. The van der Waals surface area contributed by atoms with E-state index in [1.54, 1.807) is 6.20 Å². The number of H-pyrrole nitrogens is 1. The number of aliphatic hydroxyl groups is 1. The van der Waals surface area contributed by atoms with Crippen LogP contribution in [0.2, 0.25) is 0 Å². The Morgan fingerprint density at radius 3 is 2.27 bits per heavy atom. The van der Waals surface area contributed by atoms with E-state index in [0.717, 1.165) is 44.1 Å². The van der Waals surface area contributed by atoms with Gasteiger partial charge >= 0.3 is 5.97 Å². The van der Waals surface area contributed by atoms with Gasteiger partial charge in [-0.05, 0) is 61.8 Å². The number of aromatic amines is 1. The molecule has 62 heavy (non-hydrogen) atoms. The first-order valence-corrected chi connectivity index (χ1v) is 22.7. The van der Waals surface area contributed by atoms with Crippen LogP contribution in [0, 0.1) is 23.7 Å². The molecule has 0 spiro atoms. The van der Waals surface area contributed by atoms with Gasteiger partial charge in [0.15, 0.2) is 0 Å². The quantitative estimate of drug-likeness (QED) is 0.0813. The summed E-state index contributed by atoms with van der Waals surface area (Å²) in [5.41, 5.74) is 7.00. The van der Waals surface area contributed by atoms with Crippen LogP contribution in [-0.4, -0.2) is 122 Å². The number of nitrogens with one attached hydrogen (secondary N) is 4. The first-order chi connectivity index (χ1) is 29.5. The number of amides is 5. The minimum Gasteiger partial charge on any atom is -0.480 e. The van der Waals surface area contributed by atoms with Crippen LogP contribution >= 0.6 is 0 Å². The zero-order chi connectivity index (χ0) is 45.3. The number of benzene rings is 1. The molecule has 1 aliphatic heterocycles. The summed E-state index contributed by atoms with van der Waals surface area (Å²) < 4.78 is 0. The van der Waals surface area contributed by atoms with Gasteiger partial charge in [-0.3, -0.25) is 28.8 Å². The van der Waals surface area contributed by atoms with E-state index in [2.05, 4.69) is 39.8 Å². The molecule has 2 fully saturated rings. The number of carbonyl (C=O) groups excluding carboxylic acids is 5. The number of aliphatic hydroxyl groups excluding tert-OH is 1. The lowest BCUT2D eigenvalue weighted by Crippen LogP contribution is -2.59. The van der Waals surface area contributed by atoms with Crippen molar-refractivity contribution in [2.24, 2.45) is 29.4 Å². The molecule has 16 nitrogen and oxygen atoms in total. The number of carboxylic acid groups (broad SMARTS) is 1. The van der Waals surface area contributed by atoms with E-state index in [1.807, 2.05) is 44.2 Å². The summed E-state index contributed by atoms with van der Waals surface area (Å²) in [4.78, 5) is 91.3. The van der Waals surface area contributed by atoms with Crippen molar-refractivity contribution in [2.75, 3.05) is 20.1 Å². The maximum Gasteiger partial charge on any atom is 0.320 e. The Hall–Kier alpha value is -4.83. The molecule has 0 unspecified atom stereocenters. The molecule has 1 aromatic heterocycles. The van der Waals surface area contributed by atoms with Crippen LogP contribution in [-0.2, 0) is 41.6 Å². The number of carboxylic acids is 1. The standard InChI is InChI=1S/C46H72N8O8/c1-29(2)20-21-49-42(57)34(30(3)4)26-40(55)36(23-31-13-8-6-9-14-31)51-44(59)39(25-33-27-48-28-50-33)53(5)45(60)37(24-32-15-10-7-11-16-32)52-43(58)38-17-12-22-54(38)41(56)19-18-35(47)46(61)62/h7,10-11,15-16,27-31,34-40,55H,6,8-9,12-14,17-26,47H2,1-5H3,(H,48,50)(H,49,57)(H,51,59)(H,52,58)(H,61,62)/t34-,35-,36-,37-,38-,39-,40-/m0/s1. The van der Waals surface area contributed by atoms with E-state index in [9.17, 15) is 39.0 Å². The summed E-state index contributed by atoms with van der Waals surface area (Å²) in [5, 5.41) is 30.3. The number of likely N-dealkylation sites (tertiary alicyclic amines) is 1. The molecular formula is C46H72N8O8. The van der Waals surface area contributed by atoms with E-state index >= 15 is 0 Å². The minimum absolute atomic E-state index is 0.0581. The van der Waals surface area contributed by atoms with Gasteiger partial charge in [0, 0.05) is 57.2 Å². The molecule has 16 heteroatoms. The zero-order valence-electron chi connectivity index (χ0n) is 37.4.